The van der Waals surface area contributed by atoms with Gasteiger partial charge in [-0.3, -0.25) is 0 Å². The molecule has 14 nitrogen and oxygen atoms in total. The highest BCUT2D eigenvalue weighted by Crippen LogP contribution is 2.48. The fourth-order valence-corrected chi connectivity index (χ4v) is 6.98. The van der Waals surface area contributed by atoms with E-state index >= 15 is 0 Å². The second-order valence-corrected chi connectivity index (χ2v) is 15.2. The standard InChI is InChI=1S/C38H42F3N7O7/c1-20-16-25-24(26-18-47(22-7-8-22)32-30(26)33(43-19-42-32)48(35(50)51)36(52)55-37(2,3)4)9-10-28(31(25)53-20)45-34(49)44-21-6-11-29(27(17-21)38(39,40)41)54-23-12-14-46(5)15-13-23/h6,9-11,17-20,22-23H,7-8,12-16H2,1-5H3,(H,50,51)(H2,44,45,49). The van der Waals surface area contributed by atoms with Gasteiger partial charge in [0.1, 0.15) is 41.3 Å². The van der Waals surface area contributed by atoms with E-state index in [1.54, 1.807) is 32.9 Å². The van der Waals surface area contributed by atoms with Crippen LogP contribution in [-0.2, 0) is 17.3 Å². The van der Waals surface area contributed by atoms with Gasteiger partial charge in [0.05, 0.1) is 16.6 Å². The minimum absolute atomic E-state index is 0.0866. The first-order valence-electron chi connectivity index (χ1n) is 18.1. The molecule has 1 aliphatic carbocycles. The molecule has 4 amide bonds. The van der Waals surface area contributed by atoms with Gasteiger partial charge in [-0.15, -0.1) is 0 Å². The summed E-state index contributed by atoms with van der Waals surface area (Å²) in [5.41, 5.74) is 0.486. The van der Waals surface area contributed by atoms with Gasteiger partial charge in [-0.05, 0) is 90.3 Å². The summed E-state index contributed by atoms with van der Waals surface area (Å²) in [7, 11) is 1.95. The maximum atomic E-state index is 14.2. The molecular weight excluding hydrogens is 723 g/mol. The minimum Gasteiger partial charge on any atom is -0.490 e. The number of aromatic nitrogens is 3. The summed E-state index contributed by atoms with van der Waals surface area (Å²) in [6, 6.07) is 6.07. The smallest absolute Gasteiger partial charge is 0.425 e. The van der Waals surface area contributed by atoms with Gasteiger partial charge in [-0.1, -0.05) is 6.07 Å². The number of nitrogens with zero attached hydrogens (tertiary/aromatic N) is 5. The van der Waals surface area contributed by atoms with Crippen LogP contribution < -0.4 is 25.0 Å². The molecule has 7 rings (SSSR count). The Balaban J connectivity index is 1.20. The lowest BCUT2D eigenvalue weighted by molar-refractivity contribution is -0.139. The molecule has 55 heavy (non-hydrogen) atoms. The monoisotopic (exact) mass is 765 g/mol. The van der Waals surface area contributed by atoms with Crippen LogP contribution in [-0.4, -0.2) is 80.7 Å². The number of carbonyl (C=O) groups is 3. The maximum Gasteiger partial charge on any atom is 0.425 e. The number of urea groups is 1. The summed E-state index contributed by atoms with van der Waals surface area (Å²) < 4.78 is 61.8. The molecule has 1 saturated heterocycles. The van der Waals surface area contributed by atoms with Crippen LogP contribution in [0.25, 0.3) is 22.2 Å². The summed E-state index contributed by atoms with van der Waals surface area (Å²) in [5, 5.41) is 15.8. The predicted octanol–water partition coefficient (Wildman–Crippen LogP) is 8.31. The molecule has 0 radical (unpaired) electrons. The van der Waals surface area contributed by atoms with Crippen molar-refractivity contribution in [3.05, 3.63) is 54.0 Å². The lowest BCUT2D eigenvalue weighted by Gasteiger charge is -2.30. The van der Waals surface area contributed by atoms with Gasteiger partial charge in [0.15, 0.2) is 5.82 Å². The number of carboxylic acid groups (broad SMARTS) is 1. The van der Waals surface area contributed by atoms with Crippen molar-refractivity contribution in [1.29, 1.82) is 0 Å². The normalized spacial score (nSPS) is 17.7. The van der Waals surface area contributed by atoms with Gasteiger partial charge in [0.25, 0.3) is 0 Å². The van der Waals surface area contributed by atoms with Gasteiger partial charge < -0.3 is 39.4 Å². The van der Waals surface area contributed by atoms with Crippen molar-refractivity contribution in [2.24, 2.45) is 0 Å². The summed E-state index contributed by atoms with van der Waals surface area (Å²) in [6.07, 6.45) is -1.68. The number of imide groups is 1. The molecule has 2 aromatic carbocycles. The van der Waals surface area contributed by atoms with Crippen LogP contribution in [0.5, 0.6) is 11.5 Å². The van der Waals surface area contributed by atoms with Crippen molar-refractivity contribution in [2.75, 3.05) is 35.7 Å². The molecule has 4 heterocycles. The van der Waals surface area contributed by atoms with Gasteiger partial charge in [-0.2, -0.15) is 18.1 Å². The van der Waals surface area contributed by atoms with E-state index in [0.717, 1.165) is 32.0 Å². The van der Waals surface area contributed by atoms with Crippen LogP contribution in [0.3, 0.4) is 0 Å². The van der Waals surface area contributed by atoms with Crippen LogP contribution >= 0.6 is 0 Å². The third-order valence-corrected chi connectivity index (χ3v) is 9.62. The number of nitrogens with one attached hydrogen (secondary N) is 2. The Hall–Kier alpha value is -5.58. The third kappa shape index (κ3) is 7.97. The number of anilines is 3. The lowest BCUT2D eigenvalue weighted by Crippen LogP contribution is -2.40. The Bertz CT molecular complexity index is 2150. The van der Waals surface area contributed by atoms with E-state index in [2.05, 4.69) is 25.5 Å². The summed E-state index contributed by atoms with van der Waals surface area (Å²) in [6.45, 7) is 8.15. The number of halogens is 3. The zero-order chi connectivity index (χ0) is 39.4. The number of piperidine rings is 1. The van der Waals surface area contributed by atoms with Crippen LogP contribution in [0.4, 0.5) is 44.7 Å². The molecule has 2 aromatic heterocycles. The van der Waals surface area contributed by atoms with Gasteiger partial charge in [0.2, 0.25) is 0 Å². The van der Waals surface area contributed by atoms with E-state index in [1.165, 1.54) is 18.5 Å². The summed E-state index contributed by atoms with van der Waals surface area (Å²) in [4.78, 5) is 50.5. The summed E-state index contributed by atoms with van der Waals surface area (Å²) in [5.74, 6) is -0.131. The molecule has 3 N–H and O–H groups in total. The third-order valence-electron chi connectivity index (χ3n) is 9.62. The molecule has 17 heteroatoms. The molecule has 2 fully saturated rings. The Morgan fingerprint density at radius 3 is 2.38 bits per heavy atom. The van der Waals surface area contributed by atoms with Crippen molar-refractivity contribution in [1.82, 2.24) is 19.4 Å². The number of amides is 4. The fourth-order valence-electron chi connectivity index (χ4n) is 6.98. The number of fused-ring (bicyclic) bond motifs is 2. The number of hydrogen-bond acceptors (Lipinski definition) is 9. The number of carbonyl (C=O) groups excluding carboxylic acids is 2. The molecule has 0 spiro atoms. The van der Waals surface area contributed by atoms with E-state index < -0.39 is 35.6 Å². The zero-order valence-corrected chi connectivity index (χ0v) is 31.0. The van der Waals surface area contributed by atoms with E-state index in [1.807, 2.05) is 24.7 Å². The quantitative estimate of drug-likeness (QED) is 0.167. The molecule has 1 atom stereocenters. The van der Waals surface area contributed by atoms with Crippen molar-refractivity contribution >= 4 is 46.4 Å². The largest absolute Gasteiger partial charge is 0.490 e. The predicted molar refractivity (Wildman–Crippen MR) is 197 cm³/mol. The van der Waals surface area contributed by atoms with Gasteiger partial charge in [-0.25, -0.2) is 24.4 Å². The molecule has 292 valence electrons. The number of alkyl halides is 3. The van der Waals surface area contributed by atoms with Gasteiger partial charge >= 0.3 is 24.4 Å². The number of benzene rings is 2. The lowest BCUT2D eigenvalue weighted by atomic mass is 9.96. The van der Waals surface area contributed by atoms with Gasteiger partial charge in [0, 0.05) is 48.6 Å². The molecule has 4 aromatic rings. The first kappa shape index (κ1) is 37.7. The Morgan fingerprint density at radius 1 is 1.00 bits per heavy atom. The topological polar surface area (TPSA) is 160 Å². The average Bonchev–Trinajstić information content (AvgIpc) is 3.74. The molecule has 2 aliphatic heterocycles. The second-order valence-electron chi connectivity index (χ2n) is 15.2. The molecule has 0 bridgehead atoms. The Morgan fingerprint density at radius 2 is 1.73 bits per heavy atom. The molecule has 1 unspecified atom stereocenters. The number of ether oxygens (including phenoxy) is 3. The number of hydrogen-bond donors (Lipinski definition) is 3. The fraction of sp³-hybridized carbons (Fsp3) is 0.447. The SMILES string of the molecule is CC1Cc2c(-c3cn(C4CC4)c4ncnc(N(C(=O)O)C(=O)OC(C)(C)C)c34)ccc(NC(=O)Nc3ccc(OC4CCN(C)CC4)c(C(F)(F)F)c3)c2O1. The van der Waals surface area contributed by atoms with Crippen molar-refractivity contribution in [3.8, 4) is 22.6 Å². The van der Waals surface area contributed by atoms with Crippen LogP contribution in [0.1, 0.15) is 70.5 Å². The van der Waals surface area contributed by atoms with E-state index in [9.17, 15) is 32.7 Å². The highest BCUT2D eigenvalue weighted by molar-refractivity contribution is 6.15. The first-order valence-corrected chi connectivity index (χ1v) is 18.1. The van der Waals surface area contributed by atoms with Crippen LogP contribution in [0, 0.1) is 0 Å². The van der Waals surface area contributed by atoms with E-state index in [4.69, 9.17) is 14.2 Å². The van der Waals surface area contributed by atoms with E-state index in [0.29, 0.717) is 57.6 Å². The van der Waals surface area contributed by atoms with Crippen LogP contribution in [0.15, 0.2) is 42.9 Å². The highest BCUT2D eigenvalue weighted by Gasteiger charge is 2.38. The number of likely N-dealkylation sites (tertiary alicyclic amines) is 1. The van der Waals surface area contributed by atoms with Crippen LogP contribution in [0.2, 0.25) is 0 Å². The van der Waals surface area contributed by atoms with Crippen molar-refractivity contribution in [2.45, 2.75) is 89.8 Å². The number of rotatable bonds is 7. The molecule has 1 saturated carbocycles. The van der Waals surface area contributed by atoms with E-state index in [-0.39, 0.29) is 41.2 Å². The zero-order valence-electron chi connectivity index (χ0n) is 31.0. The average molecular weight is 766 g/mol. The first-order chi connectivity index (χ1) is 26.0. The molecule has 3 aliphatic rings. The Kier molecular flexibility index (Phi) is 9.77. The van der Waals surface area contributed by atoms with Crippen molar-refractivity contribution in [3.63, 3.8) is 0 Å². The highest BCUT2D eigenvalue weighted by atomic mass is 19.4. The summed E-state index contributed by atoms with van der Waals surface area (Å²) >= 11 is 0. The molecular formula is C38H42F3N7O7. The minimum atomic E-state index is -4.72. The maximum absolute atomic E-state index is 14.2. The van der Waals surface area contributed by atoms with Crippen molar-refractivity contribution < 1.29 is 46.9 Å². The second kappa shape index (κ2) is 14.2. The Labute approximate surface area is 314 Å².